The summed E-state index contributed by atoms with van der Waals surface area (Å²) in [6, 6.07) is 0.674. The SMILES string of the molecule is NC(=O)CC(NC(=O)C(N)CS)C(=O)NC(CS)C(=O)NC(Cc1ccc(O)cc1)C(=O)O. The minimum Gasteiger partial charge on any atom is -0.508 e. The molecule has 0 aliphatic heterocycles. The molecule has 0 radical (unpaired) electrons. The number of hydrogen-bond acceptors (Lipinski definition) is 9. The fourth-order valence-electron chi connectivity index (χ4n) is 2.58. The third-order valence-corrected chi connectivity index (χ3v) is 5.14. The molecule has 12 nitrogen and oxygen atoms in total. The molecular formula is C19H27N5O7S2. The van der Waals surface area contributed by atoms with Crippen molar-refractivity contribution in [3.8, 4) is 5.75 Å². The van der Waals surface area contributed by atoms with Gasteiger partial charge in [-0.15, -0.1) is 0 Å². The van der Waals surface area contributed by atoms with Crippen molar-refractivity contribution in [2.24, 2.45) is 11.5 Å². The second-order valence-electron chi connectivity index (χ2n) is 7.03. The lowest BCUT2D eigenvalue weighted by atomic mass is 10.1. The summed E-state index contributed by atoms with van der Waals surface area (Å²) in [6.07, 6.45) is -0.646. The van der Waals surface area contributed by atoms with Crippen molar-refractivity contribution in [1.82, 2.24) is 16.0 Å². The van der Waals surface area contributed by atoms with E-state index in [0.717, 1.165) is 0 Å². The molecule has 0 saturated heterocycles. The standard InChI is InChI=1S/C19H27N5O7S2/c20-11(7-32)16(27)22-12(6-15(21)26)17(28)24-14(8-33)18(29)23-13(19(30)31)5-9-1-3-10(25)4-2-9/h1-4,11-14,25,32-33H,5-8,20H2,(H2,21,26)(H,22,27)(H,23,29)(H,24,28)(H,30,31). The number of aromatic hydroxyl groups is 1. The maximum Gasteiger partial charge on any atom is 0.326 e. The molecule has 1 aromatic rings. The molecule has 0 fully saturated rings. The molecule has 0 bridgehead atoms. The molecule has 0 aromatic heterocycles. The van der Waals surface area contributed by atoms with E-state index in [-0.39, 0.29) is 23.7 Å². The predicted octanol–water partition coefficient (Wildman–Crippen LogP) is -2.46. The first-order chi connectivity index (χ1) is 15.5. The molecule has 0 saturated carbocycles. The molecule has 0 heterocycles. The van der Waals surface area contributed by atoms with Crippen molar-refractivity contribution in [1.29, 1.82) is 0 Å². The number of nitrogens with one attached hydrogen (secondary N) is 3. The van der Waals surface area contributed by atoms with Crippen molar-refractivity contribution in [2.45, 2.75) is 37.0 Å². The number of benzene rings is 1. The van der Waals surface area contributed by atoms with E-state index >= 15 is 0 Å². The Morgan fingerprint density at radius 3 is 1.85 bits per heavy atom. The predicted molar refractivity (Wildman–Crippen MR) is 125 cm³/mol. The van der Waals surface area contributed by atoms with Crippen molar-refractivity contribution >= 4 is 54.9 Å². The number of primary amides is 1. The van der Waals surface area contributed by atoms with Crippen LogP contribution in [0.5, 0.6) is 5.75 Å². The van der Waals surface area contributed by atoms with Gasteiger partial charge in [-0.2, -0.15) is 25.3 Å². The Balaban J connectivity index is 2.88. The van der Waals surface area contributed by atoms with Crippen molar-refractivity contribution < 1.29 is 34.2 Å². The van der Waals surface area contributed by atoms with Crippen molar-refractivity contribution in [3.63, 3.8) is 0 Å². The number of carboxylic acid groups (broad SMARTS) is 1. The molecule has 4 atom stereocenters. The van der Waals surface area contributed by atoms with E-state index in [2.05, 4.69) is 41.2 Å². The van der Waals surface area contributed by atoms with E-state index in [0.29, 0.717) is 5.56 Å². The largest absolute Gasteiger partial charge is 0.508 e. The number of nitrogens with two attached hydrogens (primary N) is 2. The first-order valence-electron chi connectivity index (χ1n) is 9.65. The van der Waals surface area contributed by atoms with Gasteiger partial charge in [-0.1, -0.05) is 12.1 Å². The number of hydrogen-bond donors (Lipinski definition) is 9. The van der Waals surface area contributed by atoms with Crippen LogP contribution in [0.4, 0.5) is 0 Å². The molecule has 14 heteroatoms. The van der Waals surface area contributed by atoms with Crippen molar-refractivity contribution in [3.05, 3.63) is 29.8 Å². The minimum atomic E-state index is -1.41. The molecule has 33 heavy (non-hydrogen) atoms. The van der Waals surface area contributed by atoms with Crippen LogP contribution in [-0.2, 0) is 30.4 Å². The molecular weight excluding hydrogens is 474 g/mol. The van der Waals surface area contributed by atoms with Gasteiger partial charge in [0.2, 0.25) is 23.6 Å². The molecule has 0 aliphatic carbocycles. The summed E-state index contributed by atoms with van der Waals surface area (Å²) in [4.78, 5) is 60.1. The van der Waals surface area contributed by atoms with Gasteiger partial charge < -0.3 is 37.6 Å². The maximum absolute atomic E-state index is 12.6. The summed E-state index contributed by atoms with van der Waals surface area (Å²) >= 11 is 7.89. The Morgan fingerprint density at radius 2 is 1.36 bits per heavy atom. The zero-order valence-corrected chi connectivity index (χ0v) is 19.2. The Labute approximate surface area is 200 Å². The molecule has 4 amide bonds. The lowest BCUT2D eigenvalue weighted by Crippen LogP contribution is -2.58. The summed E-state index contributed by atoms with van der Waals surface area (Å²) < 4.78 is 0. The maximum atomic E-state index is 12.6. The summed E-state index contributed by atoms with van der Waals surface area (Å²) in [5, 5.41) is 25.7. The summed E-state index contributed by atoms with van der Waals surface area (Å²) in [7, 11) is 0. The number of phenolic OH excluding ortho intramolecular Hbond substituents is 1. The fraction of sp³-hybridized carbons (Fsp3) is 0.421. The van der Waals surface area contributed by atoms with Gasteiger partial charge >= 0.3 is 5.97 Å². The highest BCUT2D eigenvalue weighted by atomic mass is 32.1. The number of amides is 4. The number of phenols is 1. The quantitative estimate of drug-likeness (QED) is 0.132. The van der Waals surface area contributed by atoms with Gasteiger partial charge in [-0.3, -0.25) is 19.2 Å². The zero-order valence-electron chi connectivity index (χ0n) is 17.4. The second-order valence-corrected chi connectivity index (χ2v) is 7.76. The fourth-order valence-corrected chi connectivity index (χ4v) is 3.00. The van der Waals surface area contributed by atoms with Crippen LogP contribution in [0.2, 0.25) is 0 Å². The smallest absolute Gasteiger partial charge is 0.326 e. The first kappa shape index (κ1) is 28.1. The molecule has 4 unspecified atom stereocenters. The Kier molecular flexibility index (Phi) is 11.5. The van der Waals surface area contributed by atoms with Gasteiger partial charge in [-0.05, 0) is 17.7 Å². The number of carboxylic acids is 1. The van der Waals surface area contributed by atoms with Gasteiger partial charge in [0.1, 0.15) is 23.9 Å². The summed E-state index contributed by atoms with van der Waals surface area (Å²) in [6.45, 7) is 0. The van der Waals surface area contributed by atoms with Crippen LogP contribution >= 0.6 is 25.3 Å². The van der Waals surface area contributed by atoms with E-state index < -0.39 is 60.2 Å². The Bertz CT molecular complexity index is 869. The number of carbonyl (C=O) groups excluding carboxylic acids is 4. The molecule has 0 spiro atoms. The summed E-state index contributed by atoms with van der Waals surface area (Å²) in [5.41, 5.74) is 11.2. The van der Waals surface area contributed by atoms with Crippen LogP contribution in [0.25, 0.3) is 0 Å². The number of thiol groups is 2. The molecule has 9 N–H and O–H groups in total. The minimum absolute atomic E-state index is 0.000410. The molecule has 1 aromatic carbocycles. The highest BCUT2D eigenvalue weighted by Gasteiger charge is 2.30. The monoisotopic (exact) mass is 501 g/mol. The van der Waals surface area contributed by atoms with Crippen LogP contribution in [0, 0.1) is 0 Å². The first-order valence-corrected chi connectivity index (χ1v) is 10.9. The number of aliphatic carboxylic acids is 1. The topological polar surface area (TPSA) is 214 Å². The third-order valence-electron chi connectivity index (χ3n) is 4.38. The highest BCUT2D eigenvalue weighted by Crippen LogP contribution is 2.11. The van der Waals surface area contributed by atoms with Crippen molar-refractivity contribution in [2.75, 3.05) is 11.5 Å². The van der Waals surface area contributed by atoms with Crippen LogP contribution in [0.15, 0.2) is 24.3 Å². The van der Waals surface area contributed by atoms with E-state index in [4.69, 9.17) is 11.5 Å². The Morgan fingerprint density at radius 1 is 0.848 bits per heavy atom. The van der Waals surface area contributed by atoms with Gasteiger partial charge in [0.15, 0.2) is 0 Å². The van der Waals surface area contributed by atoms with E-state index in [1.165, 1.54) is 24.3 Å². The van der Waals surface area contributed by atoms with E-state index in [1.807, 2.05) is 0 Å². The average Bonchev–Trinajstić information content (AvgIpc) is 2.76. The lowest BCUT2D eigenvalue weighted by molar-refractivity contribution is -0.142. The summed E-state index contributed by atoms with van der Waals surface area (Å²) in [5.74, 6) is -4.94. The lowest BCUT2D eigenvalue weighted by Gasteiger charge is -2.24. The van der Waals surface area contributed by atoms with E-state index in [1.54, 1.807) is 0 Å². The van der Waals surface area contributed by atoms with Gasteiger partial charge in [0.25, 0.3) is 0 Å². The van der Waals surface area contributed by atoms with Gasteiger partial charge in [0, 0.05) is 17.9 Å². The molecule has 1 rings (SSSR count). The van der Waals surface area contributed by atoms with Crippen LogP contribution in [0.1, 0.15) is 12.0 Å². The number of rotatable bonds is 13. The molecule has 0 aliphatic rings. The normalized spacial score (nSPS) is 14.3. The van der Waals surface area contributed by atoms with Crippen LogP contribution in [-0.4, -0.2) is 75.5 Å². The zero-order chi connectivity index (χ0) is 25.1. The van der Waals surface area contributed by atoms with Crippen LogP contribution in [0.3, 0.4) is 0 Å². The Hall–Kier alpha value is -2.97. The third kappa shape index (κ3) is 9.59. The molecule has 182 valence electrons. The van der Waals surface area contributed by atoms with Gasteiger partial charge in [-0.25, -0.2) is 4.79 Å². The van der Waals surface area contributed by atoms with E-state index in [9.17, 15) is 34.2 Å². The average molecular weight is 502 g/mol. The van der Waals surface area contributed by atoms with Gasteiger partial charge in [0.05, 0.1) is 12.5 Å². The van der Waals surface area contributed by atoms with Crippen LogP contribution < -0.4 is 27.4 Å². The second kappa shape index (κ2) is 13.5. The highest BCUT2D eigenvalue weighted by molar-refractivity contribution is 7.80. The number of carbonyl (C=O) groups is 5.